The quantitative estimate of drug-likeness (QED) is 0.316. The van der Waals surface area contributed by atoms with E-state index in [-0.39, 0.29) is 16.2 Å². The van der Waals surface area contributed by atoms with Crippen LogP contribution in [0, 0.1) is 11.3 Å². The second-order valence-corrected chi connectivity index (χ2v) is 14.2. The van der Waals surface area contributed by atoms with Gasteiger partial charge in [0, 0.05) is 0 Å². The van der Waals surface area contributed by atoms with E-state index < -0.39 is 0 Å². The number of rotatable bonds is 1. The third-order valence-corrected chi connectivity index (χ3v) is 8.62. The zero-order valence-electron chi connectivity index (χ0n) is 21.7. The van der Waals surface area contributed by atoms with Crippen LogP contribution in [0.2, 0.25) is 0 Å². The molecule has 0 nitrogen and oxygen atoms in total. The van der Waals surface area contributed by atoms with E-state index in [0.29, 0.717) is 5.92 Å². The zero-order valence-corrected chi connectivity index (χ0v) is 24.2. The first-order valence-electron chi connectivity index (χ1n) is 12.1. The molecule has 0 amide bonds. The molecule has 167 valence electrons. The molecule has 2 aromatic rings. The molecule has 0 aliphatic heterocycles. The summed E-state index contributed by atoms with van der Waals surface area (Å²) in [7, 11) is 0. The monoisotopic (exact) mass is 501 g/mol. The van der Waals surface area contributed by atoms with E-state index in [1.165, 1.54) is 63.7 Å². The van der Waals surface area contributed by atoms with Crippen molar-refractivity contribution in [2.75, 3.05) is 0 Å². The van der Waals surface area contributed by atoms with E-state index in [1.54, 1.807) is 14.4 Å². The van der Waals surface area contributed by atoms with Gasteiger partial charge in [0.25, 0.3) is 0 Å². The maximum atomic E-state index is 2.55. The van der Waals surface area contributed by atoms with Crippen LogP contribution in [0.4, 0.5) is 0 Å². The molecule has 0 spiro atoms. The molecular weight excluding hydrogens is 464 g/mol. The van der Waals surface area contributed by atoms with E-state index >= 15 is 0 Å². The van der Waals surface area contributed by atoms with Crippen molar-refractivity contribution in [2.45, 2.75) is 86.5 Å². The summed E-state index contributed by atoms with van der Waals surface area (Å²) in [5, 5.41) is 0. The zero-order chi connectivity index (χ0) is 23.8. The van der Waals surface area contributed by atoms with E-state index in [9.17, 15) is 0 Å². The normalized spacial score (nSPS) is 18.3. The van der Waals surface area contributed by atoms with Crippen LogP contribution in [0.5, 0.6) is 0 Å². The topological polar surface area (TPSA) is 0 Å². The standard InChI is InChI=1S/C31H39.Zr/c1-19-13-23(30(5,6)7)17-24(19)27-15-21-14-20-11-12-22(29(2,3)4)16-25(20)26(21)18-28(27)31(8,9)10;/h11-13,16-19H,14H2,1-10H3;. The Hall–Kier alpha value is -1.20. The Labute approximate surface area is 211 Å². The van der Waals surface area contributed by atoms with Crippen molar-refractivity contribution in [3.63, 3.8) is 0 Å². The van der Waals surface area contributed by atoms with Gasteiger partial charge in [-0.3, -0.25) is 0 Å². The molecule has 4 rings (SSSR count). The number of fused-ring (bicyclic) bond motifs is 3. The van der Waals surface area contributed by atoms with Crippen LogP contribution in [0.15, 0.2) is 42.0 Å². The predicted molar refractivity (Wildman–Crippen MR) is 136 cm³/mol. The van der Waals surface area contributed by atoms with Crippen LogP contribution in [0.3, 0.4) is 0 Å². The van der Waals surface area contributed by atoms with Gasteiger partial charge in [0.1, 0.15) is 0 Å². The molecule has 2 aromatic carbocycles. The third kappa shape index (κ3) is 4.09. The van der Waals surface area contributed by atoms with E-state index in [1.807, 2.05) is 0 Å². The van der Waals surface area contributed by atoms with Crippen molar-refractivity contribution in [3.05, 3.63) is 69.8 Å². The van der Waals surface area contributed by atoms with Gasteiger partial charge >= 0.3 is 212 Å². The fourth-order valence-corrected chi connectivity index (χ4v) is 6.38. The van der Waals surface area contributed by atoms with Crippen molar-refractivity contribution in [2.24, 2.45) is 11.3 Å². The fraction of sp³-hybridized carbons (Fsp3) is 0.484. The Morgan fingerprint density at radius 1 is 0.812 bits per heavy atom. The van der Waals surface area contributed by atoms with Crippen LogP contribution >= 0.6 is 0 Å². The summed E-state index contributed by atoms with van der Waals surface area (Å²) in [5.41, 5.74) is 14.0. The second kappa shape index (κ2) is 7.66. The maximum absolute atomic E-state index is 2.55. The SMILES string of the molecule is CC1C=C(C(C)(C)C)C=C1c1c(C(C)(C)C)cc2c([c]1[Zr])Cc1ccc(C(C)(C)C)cc1-2. The van der Waals surface area contributed by atoms with Crippen molar-refractivity contribution < 1.29 is 24.7 Å². The van der Waals surface area contributed by atoms with E-state index in [4.69, 9.17) is 0 Å². The minimum atomic E-state index is 0.102. The molecule has 0 bridgehead atoms. The molecule has 0 saturated heterocycles. The van der Waals surface area contributed by atoms with E-state index in [2.05, 4.69) is 106 Å². The minimum absolute atomic E-state index is 0.102. The first-order chi connectivity index (χ1) is 14.6. The van der Waals surface area contributed by atoms with E-state index in [0.717, 1.165) is 6.42 Å². The van der Waals surface area contributed by atoms with Crippen LogP contribution in [-0.4, -0.2) is 0 Å². The summed E-state index contributed by atoms with van der Waals surface area (Å²) in [6.45, 7) is 23.5. The number of hydrogen-bond donors (Lipinski definition) is 0. The molecule has 0 fully saturated rings. The molecule has 32 heavy (non-hydrogen) atoms. The average molecular weight is 503 g/mol. The molecule has 0 aromatic heterocycles. The average Bonchev–Trinajstić information content (AvgIpc) is 3.20. The van der Waals surface area contributed by atoms with Gasteiger partial charge in [0.15, 0.2) is 0 Å². The molecule has 2 aliphatic carbocycles. The van der Waals surface area contributed by atoms with Gasteiger partial charge in [0.05, 0.1) is 0 Å². The second-order valence-electron chi connectivity index (χ2n) is 13.0. The molecular formula is C31H39Zr. The summed E-state index contributed by atoms with van der Waals surface area (Å²) in [4.78, 5) is 0. The molecule has 2 aliphatic rings. The molecule has 1 atom stereocenters. The molecule has 1 unspecified atom stereocenters. The summed E-state index contributed by atoms with van der Waals surface area (Å²) in [6, 6.07) is 9.76. The number of benzene rings is 2. The van der Waals surface area contributed by atoms with Crippen molar-refractivity contribution in [3.8, 4) is 11.1 Å². The van der Waals surface area contributed by atoms with Gasteiger partial charge in [-0.1, -0.05) is 0 Å². The van der Waals surface area contributed by atoms with Crippen LogP contribution in [0.25, 0.3) is 16.7 Å². The van der Waals surface area contributed by atoms with Crippen LogP contribution in [0.1, 0.15) is 97.1 Å². The Kier molecular flexibility index (Phi) is 5.73. The Morgan fingerprint density at radius 2 is 1.47 bits per heavy atom. The summed E-state index contributed by atoms with van der Waals surface area (Å²) < 4.78 is 1.58. The predicted octanol–water partition coefficient (Wildman–Crippen LogP) is 8.03. The summed E-state index contributed by atoms with van der Waals surface area (Å²) in [5.74, 6) is 0.471. The van der Waals surface area contributed by atoms with Crippen LogP contribution < -0.4 is 3.27 Å². The van der Waals surface area contributed by atoms with Gasteiger partial charge in [-0.05, 0) is 0 Å². The summed E-state index contributed by atoms with van der Waals surface area (Å²) in [6.07, 6.45) is 6.08. The Bertz CT molecular complexity index is 1150. The first kappa shape index (κ1) is 23.9. The number of hydrogen-bond acceptors (Lipinski definition) is 0. The van der Waals surface area contributed by atoms with Gasteiger partial charge in [0.2, 0.25) is 0 Å². The Morgan fingerprint density at radius 3 is 2.00 bits per heavy atom. The molecule has 0 heterocycles. The summed E-state index contributed by atoms with van der Waals surface area (Å²) >= 11 is 1.53. The fourth-order valence-electron chi connectivity index (χ4n) is 5.15. The molecule has 1 heteroatoms. The van der Waals surface area contributed by atoms with Crippen molar-refractivity contribution in [1.82, 2.24) is 0 Å². The van der Waals surface area contributed by atoms with Gasteiger partial charge in [-0.25, -0.2) is 0 Å². The van der Waals surface area contributed by atoms with Crippen molar-refractivity contribution >= 4 is 8.84 Å². The Balaban J connectivity index is 1.95. The molecule has 0 N–H and O–H groups in total. The van der Waals surface area contributed by atoms with Crippen LogP contribution in [-0.2, 0) is 42.0 Å². The van der Waals surface area contributed by atoms with Gasteiger partial charge in [-0.2, -0.15) is 0 Å². The third-order valence-electron chi connectivity index (χ3n) is 7.26. The molecule has 0 radical (unpaired) electrons. The first-order valence-corrected chi connectivity index (χ1v) is 13.3. The molecule has 0 saturated carbocycles. The van der Waals surface area contributed by atoms with Gasteiger partial charge < -0.3 is 0 Å². The van der Waals surface area contributed by atoms with Crippen molar-refractivity contribution in [1.29, 1.82) is 0 Å². The van der Waals surface area contributed by atoms with Gasteiger partial charge in [-0.15, -0.1) is 0 Å². The number of allylic oxidation sites excluding steroid dienone is 4.